The Morgan fingerprint density at radius 3 is 2.17 bits per heavy atom. The standard InChI is InChI=1S/C24H24N2O3S/c1-3-17-4-6-19(7-5-17)24(27)16-23(18-8-14-22(30-2)15-9-18)25-20-10-12-21(13-11-20)26(28)29/h4-15,23,25H,3,16H2,1-2H3/t23-/m0/s1. The molecule has 0 spiro atoms. The van der Waals surface area contributed by atoms with Crippen molar-refractivity contribution in [3.63, 3.8) is 0 Å². The summed E-state index contributed by atoms with van der Waals surface area (Å²) in [5.74, 6) is 0.0472. The lowest BCUT2D eigenvalue weighted by atomic mass is 9.97. The number of hydrogen-bond donors (Lipinski definition) is 1. The van der Waals surface area contributed by atoms with Crippen LogP contribution < -0.4 is 5.32 Å². The fraction of sp³-hybridized carbons (Fsp3) is 0.208. The number of nitrogens with zero attached hydrogens (tertiary/aromatic N) is 1. The van der Waals surface area contributed by atoms with E-state index in [-0.39, 0.29) is 23.9 Å². The summed E-state index contributed by atoms with van der Waals surface area (Å²) in [7, 11) is 0. The number of thioether (sulfide) groups is 1. The highest BCUT2D eigenvalue weighted by Crippen LogP contribution is 2.27. The molecule has 3 aromatic carbocycles. The maximum absolute atomic E-state index is 13.0. The fourth-order valence-corrected chi connectivity index (χ4v) is 3.61. The third-order valence-electron chi connectivity index (χ3n) is 5.01. The SMILES string of the molecule is CCc1ccc(C(=O)C[C@H](Nc2ccc([N+](=O)[O-])cc2)c2ccc(SC)cc2)cc1. The monoisotopic (exact) mass is 420 g/mol. The second-order valence-electron chi connectivity index (χ2n) is 6.95. The Balaban J connectivity index is 1.83. The number of rotatable bonds is 9. The Hall–Kier alpha value is -3.12. The lowest BCUT2D eigenvalue weighted by Crippen LogP contribution is -2.16. The fourth-order valence-electron chi connectivity index (χ4n) is 3.20. The minimum atomic E-state index is -0.425. The summed E-state index contributed by atoms with van der Waals surface area (Å²) >= 11 is 1.66. The number of carbonyl (C=O) groups is 1. The zero-order valence-corrected chi connectivity index (χ0v) is 17.8. The van der Waals surface area contributed by atoms with Crippen molar-refractivity contribution in [1.29, 1.82) is 0 Å². The molecule has 30 heavy (non-hydrogen) atoms. The summed E-state index contributed by atoms with van der Waals surface area (Å²) in [5, 5.41) is 14.3. The first-order chi connectivity index (χ1) is 14.5. The number of non-ortho nitro benzene ring substituents is 1. The maximum atomic E-state index is 13.0. The van der Waals surface area contributed by atoms with E-state index in [2.05, 4.69) is 12.2 Å². The van der Waals surface area contributed by atoms with Crippen LogP contribution in [0.5, 0.6) is 0 Å². The molecule has 3 rings (SSSR count). The lowest BCUT2D eigenvalue weighted by Gasteiger charge is -2.20. The average molecular weight is 421 g/mol. The van der Waals surface area contributed by atoms with Gasteiger partial charge in [0.2, 0.25) is 0 Å². The van der Waals surface area contributed by atoms with Crippen molar-refractivity contribution in [2.24, 2.45) is 0 Å². The molecule has 0 saturated heterocycles. The number of nitro groups is 1. The molecule has 0 bridgehead atoms. The molecule has 1 atom stereocenters. The Bertz CT molecular complexity index is 1000. The van der Waals surface area contributed by atoms with Crippen LogP contribution in [-0.4, -0.2) is 17.0 Å². The highest BCUT2D eigenvalue weighted by atomic mass is 32.2. The largest absolute Gasteiger partial charge is 0.378 e. The van der Waals surface area contributed by atoms with Crippen LogP contribution in [0.25, 0.3) is 0 Å². The lowest BCUT2D eigenvalue weighted by molar-refractivity contribution is -0.384. The van der Waals surface area contributed by atoms with Crippen LogP contribution in [0.15, 0.2) is 77.7 Å². The van der Waals surface area contributed by atoms with E-state index in [1.807, 2.05) is 54.8 Å². The van der Waals surface area contributed by atoms with E-state index in [1.165, 1.54) is 17.7 Å². The molecule has 3 aromatic rings. The number of nitro benzene ring substituents is 1. The number of aryl methyl sites for hydroxylation is 1. The normalized spacial score (nSPS) is 11.7. The predicted molar refractivity (Wildman–Crippen MR) is 122 cm³/mol. The van der Waals surface area contributed by atoms with E-state index in [9.17, 15) is 14.9 Å². The topological polar surface area (TPSA) is 72.2 Å². The van der Waals surface area contributed by atoms with Crippen LogP contribution in [0.4, 0.5) is 11.4 Å². The average Bonchev–Trinajstić information content (AvgIpc) is 2.79. The molecule has 1 N–H and O–H groups in total. The second kappa shape index (κ2) is 10.1. The Morgan fingerprint density at radius 1 is 1.00 bits per heavy atom. The molecule has 154 valence electrons. The predicted octanol–water partition coefficient (Wildman–Crippen LogP) is 6.31. The van der Waals surface area contributed by atoms with Crippen LogP contribution in [0.1, 0.15) is 40.9 Å². The summed E-state index contributed by atoms with van der Waals surface area (Å²) in [6.45, 7) is 2.08. The minimum absolute atomic E-state index is 0.0357. The molecular weight excluding hydrogens is 396 g/mol. The van der Waals surface area contributed by atoms with Gasteiger partial charge in [0.05, 0.1) is 11.0 Å². The van der Waals surface area contributed by atoms with Gasteiger partial charge in [-0.15, -0.1) is 11.8 Å². The third kappa shape index (κ3) is 5.48. The first-order valence-corrected chi connectivity index (χ1v) is 11.0. The molecule has 0 aliphatic rings. The minimum Gasteiger partial charge on any atom is -0.378 e. The molecule has 0 saturated carbocycles. The first-order valence-electron chi connectivity index (χ1n) is 9.77. The molecule has 0 unspecified atom stereocenters. The van der Waals surface area contributed by atoms with Crippen LogP contribution in [0, 0.1) is 10.1 Å². The number of anilines is 1. The quantitative estimate of drug-likeness (QED) is 0.190. The summed E-state index contributed by atoms with van der Waals surface area (Å²) in [6.07, 6.45) is 3.23. The molecule has 0 aliphatic carbocycles. The smallest absolute Gasteiger partial charge is 0.269 e. The number of ketones is 1. The molecule has 6 heteroatoms. The summed E-state index contributed by atoms with van der Waals surface area (Å²) < 4.78 is 0. The van der Waals surface area contributed by atoms with Gasteiger partial charge in [-0.25, -0.2) is 0 Å². The summed E-state index contributed by atoms with van der Waals surface area (Å²) in [6, 6.07) is 21.8. The third-order valence-corrected chi connectivity index (χ3v) is 5.75. The number of benzene rings is 3. The van der Waals surface area contributed by atoms with Gasteiger partial charge >= 0.3 is 0 Å². The zero-order chi connectivity index (χ0) is 21.5. The molecule has 0 heterocycles. The van der Waals surface area contributed by atoms with E-state index in [1.54, 1.807) is 23.9 Å². The number of nitrogens with one attached hydrogen (secondary N) is 1. The van der Waals surface area contributed by atoms with Crippen LogP contribution in [0.2, 0.25) is 0 Å². The van der Waals surface area contributed by atoms with Crippen LogP contribution in [-0.2, 0) is 6.42 Å². The van der Waals surface area contributed by atoms with Gasteiger partial charge < -0.3 is 5.32 Å². The van der Waals surface area contributed by atoms with Gasteiger partial charge in [0, 0.05) is 34.7 Å². The number of carbonyl (C=O) groups excluding carboxylic acids is 1. The molecule has 0 fully saturated rings. The van der Waals surface area contributed by atoms with E-state index in [0.717, 1.165) is 22.6 Å². The number of hydrogen-bond acceptors (Lipinski definition) is 5. The van der Waals surface area contributed by atoms with Crippen molar-refractivity contribution in [3.8, 4) is 0 Å². The van der Waals surface area contributed by atoms with Crippen LogP contribution >= 0.6 is 11.8 Å². The zero-order valence-electron chi connectivity index (χ0n) is 17.0. The summed E-state index contributed by atoms with van der Waals surface area (Å²) in [5.41, 5.74) is 3.63. The van der Waals surface area contributed by atoms with Crippen molar-refractivity contribution in [3.05, 3.63) is 99.6 Å². The maximum Gasteiger partial charge on any atom is 0.269 e. The first kappa shape index (κ1) is 21.6. The Labute approximate surface area is 180 Å². The van der Waals surface area contributed by atoms with Gasteiger partial charge in [0.1, 0.15) is 0 Å². The molecule has 5 nitrogen and oxygen atoms in total. The van der Waals surface area contributed by atoms with Crippen molar-refractivity contribution in [2.75, 3.05) is 11.6 Å². The van der Waals surface area contributed by atoms with Crippen molar-refractivity contribution >= 4 is 28.9 Å². The van der Waals surface area contributed by atoms with Gasteiger partial charge in [-0.05, 0) is 48.1 Å². The van der Waals surface area contributed by atoms with Gasteiger partial charge in [0.15, 0.2) is 5.78 Å². The molecule has 0 amide bonds. The molecule has 0 radical (unpaired) electrons. The van der Waals surface area contributed by atoms with E-state index in [4.69, 9.17) is 0 Å². The molecular formula is C24H24N2O3S. The number of Topliss-reactive ketones (excluding diaryl/α,β-unsaturated/α-hetero) is 1. The van der Waals surface area contributed by atoms with Crippen molar-refractivity contribution in [1.82, 2.24) is 0 Å². The van der Waals surface area contributed by atoms with Crippen molar-refractivity contribution in [2.45, 2.75) is 30.7 Å². The highest BCUT2D eigenvalue weighted by molar-refractivity contribution is 7.98. The van der Waals surface area contributed by atoms with Gasteiger partial charge in [0.25, 0.3) is 5.69 Å². The highest BCUT2D eigenvalue weighted by Gasteiger charge is 2.18. The van der Waals surface area contributed by atoms with E-state index < -0.39 is 4.92 Å². The van der Waals surface area contributed by atoms with Gasteiger partial charge in [-0.1, -0.05) is 43.3 Å². The van der Waals surface area contributed by atoms with Gasteiger partial charge in [-0.3, -0.25) is 14.9 Å². The van der Waals surface area contributed by atoms with E-state index in [0.29, 0.717) is 5.56 Å². The van der Waals surface area contributed by atoms with Crippen molar-refractivity contribution < 1.29 is 9.72 Å². The summed E-state index contributed by atoms with van der Waals surface area (Å²) in [4.78, 5) is 24.6. The molecule has 0 aliphatic heterocycles. The van der Waals surface area contributed by atoms with Gasteiger partial charge in [-0.2, -0.15) is 0 Å². The Morgan fingerprint density at radius 2 is 1.63 bits per heavy atom. The second-order valence-corrected chi connectivity index (χ2v) is 7.83. The van der Waals surface area contributed by atoms with Crippen LogP contribution in [0.3, 0.4) is 0 Å². The Kier molecular flexibility index (Phi) is 7.25. The van der Waals surface area contributed by atoms with E-state index >= 15 is 0 Å². The molecule has 0 aromatic heterocycles.